The van der Waals surface area contributed by atoms with Crippen LogP contribution < -0.4 is 15.4 Å². The van der Waals surface area contributed by atoms with Gasteiger partial charge in [0.05, 0.1) is 5.56 Å². The van der Waals surface area contributed by atoms with Gasteiger partial charge in [0.2, 0.25) is 5.95 Å². The first kappa shape index (κ1) is 31.2. The number of benzene rings is 3. The molecule has 0 unspecified atom stereocenters. The summed E-state index contributed by atoms with van der Waals surface area (Å²) in [5, 5.41) is 6.04. The van der Waals surface area contributed by atoms with E-state index >= 15 is 0 Å². The minimum absolute atomic E-state index is 0.288. The number of anilines is 3. The molecule has 0 aliphatic heterocycles. The second kappa shape index (κ2) is 14.4. The van der Waals surface area contributed by atoms with Crippen molar-refractivity contribution in [2.45, 2.75) is 40.2 Å². The lowest BCUT2D eigenvalue weighted by molar-refractivity contribution is 0.00694. The van der Waals surface area contributed by atoms with Crippen LogP contribution in [-0.4, -0.2) is 58.6 Å². The van der Waals surface area contributed by atoms with Crippen molar-refractivity contribution in [3.8, 4) is 16.9 Å². The second-order valence-electron chi connectivity index (χ2n) is 10.9. The van der Waals surface area contributed by atoms with Crippen LogP contribution in [0.3, 0.4) is 0 Å². The molecule has 4 aromatic rings. The summed E-state index contributed by atoms with van der Waals surface area (Å²) in [7, 11) is 0. The molecule has 1 aromatic heterocycles. The lowest BCUT2D eigenvalue weighted by atomic mass is 10.1. The monoisotopic (exact) mass is 581 g/mol. The third-order valence-electron chi connectivity index (χ3n) is 6.57. The Balaban J connectivity index is 1.31. The van der Waals surface area contributed by atoms with Crippen molar-refractivity contribution in [2.75, 3.05) is 36.9 Å². The molecule has 9 nitrogen and oxygen atoms in total. The van der Waals surface area contributed by atoms with Crippen molar-refractivity contribution >= 4 is 29.2 Å². The number of nitrogens with one attached hydrogen (secondary N) is 2. The number of ether oxygens (including phenoxy) is 2. The third-order valence-corrected chi connectivity index (χ3v) is 6.57. The SMILES string of the molecule is CCN(CC)CCOc1ccc(Nc2ncc(-c3ccc(C(=O)Nc4cccc(C(=O)OC(C)(C)C)c4)cc3)cn2)cc1. The number of amides is 1. The van der Waals surface area contributed by atoms with Crippen LogP contribution in [0.25, 0.3) is 11.1 Å². The minimum Gasteiger partial charge on any atom is -0.492 e. The van der Waals surface area contributed by atoms with Crippen LogP contribution in [0.1, 0.15) is 55.3 Å². The van der Waals surface area contributed by atoms with Gasteiger partial charge in [0.15, 0.2) is 0 Å². The molecule has 1 heterocycles. The third kappa shape index (κ3) is 9.37. The molecule has 224 valence electrons. The van der Waals surface area contributed by atoms with Gasteiger partial charge in [0.25, 0.3) is 5.91 Å². The van der Waals surface area contributed by atoms with E-state index in [1.54, 1.807) is 48.8 Å². The molecule has 0 saturated carbocycles. The summed E-state index contributed by atoms with van der Waals surface area (Å²) in [6, 6.07) is 21.6. The normalized spacial score (nSPS) is 11.2. The fourth-order valence-electron chi connectivity index (χ4n) is 4.22. The topological polar surface area (TPSA) is 106 Å². The van der Waals surface area contributed by atoms with Gasteiger partial charge in [-0.05, 0) is 94.0 Å². The first-order chi connectivity index (χ1) is 20.6. The first-order valence-electron chi connectivity index (χ1n) is 14.4. The molecular formula is C34H39N5O4. The highest BCUT2D eigenvalue weighted by molar-refractivity contribution is 6.05. The number of likely N-dealkylation sites (N-methyl/N-ethyl adjacent to an activating group) is 1. The summed E-state index contributed by atoms with van der Waals surface area (Å²) in [6.45, 7) is 13.3. The van der Waals surface area contributed by atoms with Gasteiger partial charge in [0, 0.05) is 41.4 Å². The van der Waals surface area contributed by atoms with Crippen molar-refractivity contribution in [3.63, 3.8) is 0 Å². The Morgan fingerprint density at radius 3 is 2.12 bits per heavy atom. The van der Waals surface area contributed by atoms with E-state index in [2.05, 4.69) is 39.3 Å². The molecule has 1 amide bonds. The van der Waals surface area contributed by atoms with Crippen LogP contribution in [-0.2, 0) is 4.74 Å². The van der Waals surface area contributed by atoms with E-state index in [-0.39, 0.29) is 5.91 Å². The van der Waals surface area contributed by atoms with Gasteiger partial charge < -0.3 is 25.0 Å². The predicted molar refractivity (Wildman–Crippen MR) is 170 cm³/mol. The van der Waals surface area contributed by atoms with Crippen molar-refractivity contribution in [1.29, 1.82) is 0 Å². The van der Waals surface area contributed by atoms with Crippen molar-refractivity contribution in [1.82, 2.24) is 14.9 Å². The highest BCUT2D eigenvalue weighted by Crippen LogP contribution is 2.22. The average Bonchev–Trinajstić information content (AvgIpc) is 3.00. The molecule has 0 aliphatic carbocycles. The van der Waals surface area contributed by atoms with Gasteiger partial charge in [0.1, 0.15) is 18.0 Å². The van der Waals surface area contributed by atoms with Crippen LogP contribution in [0.5, 0.6) is 5.75 Å². The largest absolute Gasteiger partial charge is 0.492 e. The number of hydrogen-bond donors (Lipinski definition) is 2. The molecule has 4 rings (SSSR count). The van der Waals surface area contributed by atoms with Gasteiger partial charge in [-0.1, -0.05) is 32.0 Å². The molecular weight excluding hydrogens is 542 g/mol. The van der Waals surface area contributed by atoms with Crippen LogP contribution >= 0.6 is 0 Å². The number of nitrogens with zero attached hydrogens (tertiary/aromatic N) is 3. The predicted octanol–water partition coefficient (Wildman–Crippen LogP) is 6.82. The highest BCUT2D eigenvalue weighted by atomic mass is 16.6. The Hall–Kier alpha value is -4.76. The molecule has 0 saturated heterocycles. The van der Waals surface area contributed by atoms with Gasteiger partial charge in [-0.25, -0.2) is 14.8 Å². The fraction of sp³-hybridized carbons (Fsp3) is 0.294. The Bertz CT molecular complexity index is 1490. The van der Waals surface area contributed by atoms with Gasteiger partial charge in [-0.2, -0.15) is 0 Å². The van der Waals surface area contributed by atoms with E-state index in [0.717, 1.165) is 42.2 Å². The summed E-state index contributed by atoms with van der Waals surface area (Å²) in [4.78, 5) is 36.4. The van der Waals surface area contributed by atoms with E-state index in [4.69, 9.17) is 9.47 Å². The van der Waals surface area contributed by atoms with Crippen molar-refractivity contribution in [3.05, 3.63) is 96.3 Å². The molecule has 0 spiro atoms. The lowest BCUT2D eigenvalue weighted by Gasteiger charge is -2.19. The summed E-state index contributed by atoms with van der Waals surface area (Å²) in [6.07, 6.45) is 3.47. The van der Waals surface area contributed by atoms with E-state index in [1.165, 1.54) is 0 Å². The van der Waals surface area contributed by atoms with Crippen LogP contribution in [0.4, 0.5) is 17.3 Å². The van der Waals surface area contributed by atoms with Gasteiger partial charge >= 0.3 is 5.97 Å². The highest BCUT2D eigenvalue weighted by Gasteiger charge is 2.18. The summed E-state index contributed by atoms with van der Waals surface area (Å²) >= 11 is 0. The van der Waals surface area contributed by atoms with Crippen molar-refractivity contribution in [2.24, 2.45) is 0 Å². The zero-order valence-electron chi connectivity index (χ0n) is 25.4. The number of esters is 1. The van der Waals surface area contributed by atoms with Crippen molar-refractivity contribution < 1.29 is 19.1 Å². The molecule has 43 heavy (non-hydrogen) atoms. The van der Waals surface area contributed by atoms with Crippen LogP contribution in [0.15, 0.2) is 85.2 Å². The Labute approximate surface area is 253 Å². The number of aromatic nitrogens is 2. The first-order valence-corrected chi connectivity index (χ1v) is 14.4. The van der Waals surface area contributed by atoms with Gasteiger partial charge in [-0.15, -0.1) is 0 Å². The standard InChI is InChI=1S/C34H39N5O4/c1-6-39(7-2)19-20-42-30-17-15-28(16-18-30)38-33-35-22-27(23-36-33)24-11-13-25(14-12-24)31(40)37-29-10-8-9-26(21-29)32(41)43-34(3,4)5/h8-18,21-23H,6-7,19-20H2,1-5H3,(H,37,40)(H,35,36,38). The molecule has 0 fully saturated rings. The maximum atomic E-state index is 12.8. The number of rotatable bonds is 12. The smallest absolute Gasteiger partial charge is 0.338 e. The van der Waals surface area contributed by atoms with Crippen LogP contribution in [0, 0.1) is 0 Å². The van der Waals surface area contributed by atoms with E-state index in [0.29, 0.717) is 29.4 Å². The molecule has 0 radical (unpaired) electrons. The molecule has 0 bridgehead atoms. The maximum absolute atomic E-state index is 12.8. The Kier molecular flexibility index (Phi) is 10.5. The zero-order chi connectivity index (χ0) is 30.8. The number of carbonyl (C=O) groups is 2. The molecule has 2 N–H and O–H groups in total. The van der Waals surface area contributed by atoms with Crippen LogP contribution in [0.2, 0.25) is 0 Å². The summed E-state index contributed by atoms with van der Waals surface area (Å²) in [5.41, 5.74) is 3.30. The molecule has 0 aliphatic rings. The Morgan fingerprint density at radius 1 is 0.814 bits per heavy atom. The second-order valence-corrected chi connectivity index (χ2v) is 10.9. The lowest BCUT2D eigenvalue weighted by Crippen LogP contribution is -2.27. The zero-order valence-corrected chi connectivity index (χ0v) is 25.4. The fourth-order valence-corrected chi connectivity index (χ4v) is 4.22. The summed E-state index contributed by atoms with van der Waals surface area (Å²) < 4.78 is 11.3. The van der Waals surface area contributed by atoms with Gasteiger partial charge in [-0.3, -0.25) is 4.79 Å². The van der Waals surface area contributed by atoms with E-state index in [1.807, 2.05) is 57.2 Å². The molecule has 0 atom stereocenters. The number of hydrogen-bond acceptors (Lipinski definition) is 8. The Morgan fingerprint density at radius 2 is 1.49 bits per heavy atom. The summed E-state index contributed by atoms with van der Waals surface area (Å²) in [5.74, 6) is 0.564. The van der Waals surface area contributed by atoms with E-state index in [9.17, 15) is 9.59 Å². The molecule has 3 aromatic carbocycles. The molecule has 9 heteroatoms. The number of carbonyl (C=O) groups excluding carboxylic acids is 2. The van der Waals surface area contributed by atoms with E-state index < -0.39 is 11.6 Å². The quantitative estimate of drug-likeness (QED) is 0.176. The average molecular weight is 582 g/mol. The minimum atomic E-state index is -0.604. The maximum Gasteiger partial charge on any atom is 0.338 e.